The van der Waals surface area contributed by atoms with Crippen molar-refractivity contribution in [2.45, 2.75) is 6.61 Å². The second-order valence-electron chi connectivity index (χ2n) is 2.25. The molecule has 0 radical (unpaired) electrons. The quantitative estimate of drug-likeness (QED) is 0.774. The van der Waals surface area contributed by atoms with Crippen LogP contribution in [0.25, 0.3) is 0 Å². The molecule has 1 aromatic rings. The molecule has 0 aliphatic heterocycles. The van der Waals surface area contributed by atoms with Crippen LogP contribution in [0.1, 0.15) is 0 Å². The van der Waals surface area contributed by atoms with Crippen LogP contribution < -0.4 is 15.8 Å². The Labute approximate surface area is 77.9 Å². The van der Waals surface area contributed by atoms with Crippen LogP contribution in [0.2, 0.25) is 0 Å². The van der Waals surface area contributed by atoms with Crippen LogP contribution in [0.5, 0.6) is 5.88 Å². The van der Waals surface area contributed by atoms with Crippen LogP contribution >= 0.6 is 0 Å². The number of hydrogen-bond acceptors (Lipinski definition) is 3. The molecule has 0 aliphatic rings. The molecule has 2 amide bonds. The van der Waals surface area contributed by atoms with Gasteiger partial charge in [0.15, 0.2) is 0 Å². The third-order valence-electron chi connectivity index (χ3n) is 1.21. The van der Waals surface area contributed by atoms with Crippen LogP contribution in [-0.2, 0) is 0 Å². The van der Waals surface area contributed by atoms with Crippen molar-refractivity contribution in [1.29, 1.82) is 0 Å². The summed E-state index contributed by atoms with van der Waals surface area (Å²) in [7, 11) is 0. The Hall–Kier alpha value is -1.92. The molecule has 5 nitrogen and oxygen atoms in total. The fourth-order valence-corrected chi connectivity index (χ4v) is 0.785. The van der Waals surface area contributed by atoms with Crippen LogP contribution in [0, 0.1) is 0 Å². The van der Waals surface area contributed by atoms with Gasteiger partial charge >= 0.3 is 12.6 Å². The van der Waals surface area contributed by atoms with E-state index in [-0.39, 0.29) is 11.6 Å². The van der Waals surface area contributed by atoms with E-state index in [0.29, 0.717) is 0 Å². The summed E-state index contributed by atoms with van der Waals surface area (Å²) in [5.41, 5.74) is 5.06. The minimum atomic E-state index is -2.95. The summed E-state index contributed by atoms with van der Waals surface area (Å²) < 4.78 is 27.5. The molecule has 0 fully saturated rings. The molecule has 1 rings (SSSR count). The number of hydrogen-bond donors (Lipinski definition) is 2. The SMILES string of the molecule is NC(=O)Nc1ccnc(OC(F)F)c1. The normalized spacial score (nSPS) is 9.93. The highest BCUT2D eigenvalue weighted by atomic mass is 19.3. The van der Waals surface area contributed by atoms with Crippen molar-refractivity contribution in [3.8, 4) is 5.88 Å². The number of nitrogens with one attached hydrogen (secondary N) is 1. The average Bonchev–Trinajstić information content (AvgIpc) is 2.01. The maximum atomic E-state index is 11.7. The van der Waals surface area contributed by atoms with Gasteiger partial charge < -0.3 is 15.8 Å². The number of anilines is 1. The van der Waals surface area contributed by atoms with E-state index in [1.165, 1.54) is 12.3 Å². The fraction of sp³-hybridized carbons (Fsp3) is 0.143. The summed E-state index contributed by atoms with van der Waals surface area (Å²) in [5, 5.41) is 2.19. The molecule has 3 N–H and O–H groups in total. The number of primary amides is 1. The number of urea groups is 1. The number of nitrogens with two attached hydrogens (primary N) is 1. The summed E-state index contributed by atoms with van der Waals surface area (Å²) in [4.78, 5) is 13.9. The number of ether oxygens (including phenoxy) is 1. The van der Waals surface area contributed by atoms with Crippen molar-refractivity contribution in [3.63, 3.8) is 0 Å². The van der Waals surface area contributed by atoms with Crippen LogP contribution in [-0.4, -0.2) is 17.6 Å². The number of nitrogens with zero attached hydrogens (tertiary/aromatic N) is 1. The highest BCUT2D eigenvalue weighted by Gasteiger charge is 2.06. The second kappa shape index (κ2) is 4.35. The highest BCUT2D eigenvalue weighted by Crippen LogP contribution is 2.15. The van der Waals surface area contributed by atoms with E-state index >= 15 is 0 Å². The molecular formula is C7H7F2N3O2. The lowest BCUT2D eigenvalue weighted by molar-refractivity contribution is -0.0527. The standard InChI is InChI=1S/C7H7F2N3O2/c8-6(9)14-5-3-4(1-2-11-5)12-7(10)13/h1-3,6H,(H3,10,11,12,13). The zero-order valence-corrected chi connectivity index (χ0v) is 6.91. The van der Waals surface area contributed by atoms with E-state index in [9.17, 15) is 13.6 Å². The summed E-state index contributed by atoms with van der Waals surface area (Å²) in [6.45, 7) is -2.95. The first-order valence-corrected chi connectivity index (χ1v) is 3.55. The van der Waals surface area contributed by atoms with Crippen LogP contribution in [0.4, 0.5) is 19.3 Å². The van der Waals surface area contributed by atoms with Crippen molar-refractivity contribution in [3.05, 3.63) is 18.3 Å². The monoisotopic (exact) mass is 203 g/mol. The molecule has 1 aromatic heterocycles. The van der Waals surface area contributed by atoms with E-state index < -0.39 is 12.6 Å². The molecule has 0 unspecified atom stereocenters. The summed E-state index contributed by atoms with van der Waals surface area (Å²) >= 11 is 0. The lowest BCUT2D eigenvalue weighted by Crippen LogP contribution is -2.19. The Kier molecular flexibility index (Phi) is 3.16. The topological polar surface area (TPSA) is 77.2 Å². The highest BCUT2D eigenvalue weighted by molar-refractivity contribution is 5.87. The second-order valence-corrected chi connectivity index (χ2v) is 2.25. The van der Waals surface area contributed by atoms with Crippen molar-refractivity contribution >= 4 is 11.7 Å². The van der Waals surface area contributed by atoms with Crippen molar-refractivity contribution < 1.29 is 18.3 Å². The van der Waals surface area contributed by atoms with E-state index in [4.69, 9.17) is 5.73 Å². The molecule has 1 heterocycles. The lowest BCUT2D eigenvalue weighted by Gasteiger charge is -2.05. The Morgan fingerprint density at radius 2 is 2.36 bits per heavy atom. The van der Waals surface area contributed by atoms with E-state index in [1.807, 2.05) is 0 Å². The van der Waals surface area contributed by atoms with Gasteiger partial charge in [0.25, 0.3) is 0 Å². The van der Waals surface area contributed by atoms with E-state index in [1.54, 1.807) is 0 Å². The minimum Gasteiger partial charge on any atom is -0.417 e. The molecule has 0 bridgehead atoms. The predicted octanol–water partition coefficient (Wildman–Crippen LogP) is 1.17. The van der Waals surface area contributed by atoms with Gasteiger partial charge in [-0.1, -0.05) is 0 Å². The molecule has 0 aliphatic carbocycles. The van der Waals surface area contributed by atoms with Gasteiger partial charge in [0.2, 0.25) is 5.88 Å². The number of amides is 2. The maximum Gasteiger partial charge on any atom is 0.388 e. The molecule has 7 heteroatoms. The zero-order chi connectivity index (χ0) is 10.6. The van der Waals surface area contributed by atoms with Crippen LogP contribution in [0.15, 0.2) is 18.3 Å². The smallest absolute Gasteiger partial charge is 0.388 e. The van der Waals surface area contributed by atoms with E-state index in [2.05, 4.69) is 15.0 Å². The summed E-state index contributed by atoms with van der Waals surface area (Å²) in [6.07, 6.45) is 1.21. The fourth-order valence-electron chi connectivity index (χ4n) is 0.785. The van der Waals surface area contributed by atoms with Gasteiger partial charge in [-0.15, -0.1) is 0 Å². The first-order chi connectivity index (χ1) is 6.58. The largest absolute Gasteiger partial charge is 0.417 e. The Balaban J connectivity index is 2.73. The van der Waals surface area contributed by atoms with Gasteiger partial charge in [0, 0.05) is 18.0 Å². The predicted molar refractivity (Wildman–Crippen MR) is 44.1 cm³/mol. The van der Waals surface area contributed by atoms with Gasteiger partial charge in [-0.05, 0) is 6.07 Å². The maximum absolute atomic E-state index is 11.7. The molecule has 76 valence electrons. The number of rotatable bonds is 3. The summed E-state index contributed by atoms with van der Waals surface area (Å²) in [5.74, 6) is -0.286. The number of aromatic nitrogens is 1. The number of carbonyl (C=O) groups is 1. The molecule has 0 saturated heterocycles. The molecule has 0 atom stereocenters. The third kappa shape index (κ3) is 3.21. The third-order valence-corrected chi connectivity index (χ3v) is 1.21. The molecule has 0 saturated carbocycles. The average molecular weight is 203 g/mol. The molecule has 0 spiro atoms. The van der Waals surface area contributed by atoms with Gasteiger partial charge in [0.1, 0.15) is 0 Å². The minimum absolute atomic E-state index is 0.239. The number of alkyl halides is 2. The van der Waals surface area contributed by atoms with Crippen molar-refractivity contribution in [1.82, 2.24) is 4.98 Å². The van der Waals surface area contributed by atoms with Gasteiger partial charge in [-0.25, -0.2) is 9.78 Å². The molecule has 0 aromatic carbocycles. The number of pyridine rings is 1. The molecular weight excluding hydrogens is 196 g/mol. The first-order valence-electron chi connectivity index (χ1n) is 3.55. The Morgan fingerprint density at radius 1 is 1.64 bits per heavy atom. The van der Waals surface area contributed by atoms with Crippen molar-refractivity contribution in [2.24, 2.45) is 5.73 Å². The van der Waals surface area contributed by atoms with Crippen LogP contribution in [0.3, 0.4) is 0 Å². The Bertz CT molecular complexity index is 332. The lowest BCUT2D eigenvalue weighted by atomic mass is 10.4. The van der Waals surface area contributed by atoms with E-state index in [0.717, 1.165) is 6.07 Å². The summed E-state index contributed by atoms with van der Waals surface area (Å²) in [6, 6.07) is 1.74. The van der Waals surface area contributed by atoms with Gasteiger partial charge in [-0.3, -0.25) is 0 Å². The number of carbonyl (C=O) groups excluding carboxylic acids is 1. The van der Waals surface area contributed by atoms with Gasteiger partial charge in [0.05, 0.1) is 0 Å². The number of halogens is 2. The molecule has 14 heavy (non-hydrogen) atoms. The van der Waals surface area contributed by atoms with Gasteiger partial charge in [-0.2, -0.15) is 8.78 Å². The Morgan fingerprint density at radius 3 is 2.93 bits per heavy atom. The first kappa shape index (κ1) is 10.2. The zero-order valence-electron chi connectivity index (χ0n) is 6.91. The van der Waals surface area contributed by atoms with Crippen molar-refractivity contribution in [2.75, 3.05) is 5.32 Å².